The Morgan fingerprint density at radius 1 is 1.40 bits per heavy atom. The smallest absolute Gasteiger partial charge is 0.0515 e. The van der Waals surface area contributed by atoms with Crippen LogP contribution in [0.15, 0.2) is 11.4 Å². The maximum absolute atomic E-state index is 3.78. The van der Waals surface area contributed by atoms with E-state index < -0.39 is 0 Å². The lowest BCUT2D eigenvalue weighted by Gasteiger charge is -2.50. The largest absolute Gasteiger partial charge is 0.309 e. The first-order valence-electron chi connectivity index (χ1n) is 7.95. The number of likely N-dealkylation sites (N-methyl/N-ethyl adjacent to an activating group) is 2. The topological polar surface area (TPSA) is 15.3 Å². The molecule has 0 amide bonds. The molecule has 1 heterocycles. The summed E-state index contributed by atoms with van der Waals surface area (Å²) in [5.74, 6) is 0.884. The maximum Gasteiger partial charge on any atom is 0.0515 e. The second-order valence-corrected chi connectivity index (χ2v) is 7.78. The van der Waals surface area contributed by atoms with Crippen molar-refractivity contribution in [2.24, 2.45) is 5.92 Å². The molecule has 0 radical (unpaired) electrons. The van der Waals surface area contributed by atoms with E-state index in [-0.39, 0.29) is 5.54 Å². The molecular weight excluding hydrogens is 264 g/mol. The Labute approximate surface area is 128 Å². The van der Waals surface area contributed by atoms with Crippen LogP contribution in [0.2, 0.25) is 0 Å². The molecule has 20 heavy (non-hydrogen) atoms. The van der Waals surface area contributed by atoms with Crippen molar-refractivity contribution in [3.63, 3.8) is 0 Å². The van der Waals surface area contributed by atoms with Crippen LogP contribution in [-0.4, -0.2) is 31.1 Å². The fourth-order valence-corrected chi connectivity index (χ4v) is 4.42. The molecule has 0 aromatic carbocycles. The normalized spacial score (nSPS) is 28.8. The minimum Gasteiger partial charge on any atom is -0.309 e. The zero-order valence-corrected chi connectivity index (χ0v) is 14.5. The molecular formula is C17H30N2S. The van der Waals surface area contributed by atoms with Gasteiger partial charge in [-0.1, -0.05) is 13.8 Å². The first-order chi connectivity index (χ1) is 9.49. The van der Waals surface area contributed by atoms with Crippen molar-refractivity contribution in [2.45, 2.75) is 58.0 Å². The first-order valence-corrected chi connectivity index (χ1v) is 8.83. The molecule has 2 rings (SSSR count). The van der Waals surface area contributed by atoms with Gasteiger partial charge in [0.05, 0.1) is 6.04 Å². The van der Waals surface area contributed by atoms with Crippen LogP contribution in [0.3, 0.4) is 0 Å². The van der Waals surface area contributed by atoms with Crippen molar-refractivity contribution in [3.05, 3.63) is 21.9 Å². The van der Waals surface area contributed by atoms with Gasteiger partial charge in [0.25, 0.3) is 0 Å². The monoisotopic (exact) mass is 294 g/mol. The zero-order valence-electron chi connectivity index (χ0n) is 13.7. The van der Waals surface area contributed by atoms with E-state index >= 15 is 0 Å². The van der Waals surface area contributed by atoms with Gasteiger partial charge < -0.3 is 10.2 Å². The van der Waals surface area contributed by atoms with Crippen LogP contribution in [0.5, 0.6) is 0 Å². The Bertz CT molecular complexity index is 416. The predicted octanol–water partition coefficient (Wildman–Crippen LogP) is 4.22. The van der Waals surface area contributed by atoms with E-state index in [1.165, 1.54) is 36.1 Å². The molecule has 1 aliphatic rings. The SMILES string of the molecule is CCNC(c1csc(C)c1)C1(N(C)C)CCC(C)CC1. The van der Waals surface area contributed by atoms with Crippen LogP contribution in [0.4, 0.5) is 0 Å². The van der Waals surface area contributed by atoms with Gasteiger partial charge in [0, 0.05) is 10.4 Å². The number of hydrogen-bond donors (Lipinski definition) is 1. The van der Waals surface area contributed by atoms with Gasteiger partial charge in [0.2, 0.25) is 0 Å². The molecule has 1 aliphatic carbocycles. The Kier molecular flexibility index (Phi) is 5.27. The standard InChI is InChI=1S/C17H30N2S/c1-6-18-16(15-11-14(3)20-12-15)17(19(4)5)9-7-13(2)8-10-17/h11-13,16,18H,6-10H2,1-5H3. The van der Waals surface area contributed by atoms with E-state index in [1.54, 1.807) is 0 Å². The highest BCUT2D eigenvalue weighted by molar-refractivity contribution is 7.10. The maximum atomic E-state index is 3.78. The molecule has 0 saturated heterocycles. The zero-order chi connectivity index (χ0) is 14.8. The number of nitrogens with one attached hydrogen (secondary N) is 1. The van der Waals surface area contributed by atoms with Gasteiger partial charge in [0.1, 0.15) is 0 Å². The summed E-state index contributed by atoms with van der Waals surface area (Å²) in [6, 6.07) is 2.83. The van der Waals surface area contributed by atoms with Crippen LogP contribution >= 0.6 is 11.3 Å². The Morgan fingerprint density at radius 3 is 2.50 bits per heavy atom. The van der Waals surface area contributed by atoms with Crippen LogP contribution < -0.4 is 5.32 Å². The van der Waals surface area contributed by atoms with Gasteiger partial charge in [-0.15, -0.1) is 11.3 Å². The molecule has 0 spiro atoms. The summed E-state index contributed by atoms with van der Waals surface area (Å²) in [5.41, 5.74) is 1.76. The van der Waals surface area contributed by atoms with Crippen molar-refractivity contribution in [3.8, 4) is 0 Å². The minimum absolute atomic E-state index is 0.274. The van der Waals surface area contributed by atoms with Gasteiger partial charge in [-0.25, -0.2) is 0 Å². The van der Waals surface area contributed by atoms with Crippen LogP contribution in [0, 0.1) is 12.8 Å². The number of hydrogen-bond acceptors (Lipinski definition) is 3. The molecule has 114 valence electrons. The number of nitrogens with zero attached hydrogens (tertiary/aromatic N) is 1. The molecule has 3 heteroatoms. The second kappa shape index (κ2) is 6.59. The molecule has 1 unspecified atom stereocenters. The Balaban J connectivity index is 2.32. The van der Waals surface area contributed by atoms with E-state index in [0.717, 1.165) is 12.5 Å². The summed E-state index contributed by atoms with van der Waals surface area (Å²) >= 11 is 1.88. The molecule has 2 nitrogen and oxygen atoms in total. The van der Waals surface area contributed by atoms with Gasteiger partial charge in [-0.05, 0) is 76.2 Å². The van der Waals surface area contributed by atoms with E-state index in [1.807, 2.05) is 11.3 Å². The predicted molar refractivity (Wildman–Crippen MR) is 89.5 cm³/mol. The van der Waals surface area contributed by atoms with Gasteiger partial charge in [-0.2, -0.15) is 0 Å². The van der Waals surface area contributed by atoms with E-state index in [2.05, 4.69) is 56.5 Å². The summed E-state index contributed by atoms with van der Waals surface area (Å²) in [4.78, 5) is 3.90. The van der Waals surface area contributed by atoms with E-state index in [9.17, 15) is 0 Å². The summed E-state index contributed by atoms with van der Waals surface area (Å²) < 4.78 is 0. The van der Waals surface area contributed by atoms with Gasteiger partial charge in [0.15, 0.2) is 0 Å². The molecule has 1 atom stereocenters. The molecule has 1 saturated carbocycles. The van der Waals surface area contributed by atoms with Gasteiger partial charge in [-0.3, -0.25) is 0 Å². The van der Waals surface area contributed by atoms with Crippen LogP contribution in [0.1, 0.15) is 56.0 Å². The van der Waals surface area contributed by atoms with Crippen LogP contribution in [-0.2, 0) is 0 Å². The van der Waals surface area contributed by atoms with Crippen molar-refractivity contribution in [1.82, 2.24) is 10.2 Å². The Hall–Kier alpha value is -0.380. The highest BCUT2D eigenvalue weighted by Gasteiger charge is 2.43. The van der Waals surface area contributed by atoms with Crippen molar-refractivity contribution in [2.75, 3.05) is 20.6 Å². The fourth-order valence-electron chi connectivity index (χ4n) is 3.69. The summed E-state index contributed by atoms with van der Waals surface area (Å²) in [6.45, 7) is 7.87. The lowest BCUT2D eigenvalue weighted by atomic mass is 9.70. The molecule has 1 N–H and O–H groups in total. The molecule has 0 aliphatic heterocycles. The summed E-state index contributed by atoms with van der Waals surface area (Å²) in [6.07, 6.45) is 5.30. The average Bonchev–Trinajstić information content (AvgIpc) is 2.83. The van der Waals surface area contributed by atoms with E-state index in [4.69, 9.17) is 0 Å². The average molecular weight is 295 g/mol. The summed E-state index contributed by atoms with van der Waals surface area (Å²) in [7, 11) is 4.53. The van der Waals surface area contributed by atoms with E-state index in [0.29, 0.717) is 6.04 Å². The molecule has 1 aromatic rings. The fraction of sp³-hybridized carbons (Fsp3) is 0.765. The quantitative estimate of drug-likeness (QED) is 0.875. The third-order valence-corrected chi connectivity index (χ3v) is 5.94. The van der Waals surface area contributed by atoms with Crippen molar-refractivity contribution in [1.29, 1.82) is 0 Å². The molecule has 1 aromatic heterocycles. The third kappa shape index (κ3) is 3.10. The molecule has 1 fully saturated rings. The number of rotatable bonds is 5. The first kappa shape index (κ1) is 16.0. The van der Waals surface area contributed by atoms with Crippen molar-refractivity contribution >= 4 is 11.3 Å². The minimum atomic E-state index is 0.274. The number of aryl methyl sites for hydroxylation is 1. The highest BCUT2D eigenvalue weighted by Crippen LogP contribution is 2.44. The van der Waals surface area contributed by atoms with Crippen molar-refractivity contribution < 1.29 is 0 Å². The lowest BCUT2D eigenvalue weighted by Crippen LogP contribution is -2.55. The summed E-state index contributed by atoms with van der Waals surface area (Å²) in [5, 5.41) is 6.14. The molecule has 0 bridgehead atoms. The highest BCUT2D eigenvalue weighted by atomic mass is 32.1. The lowest BCUT2D eigenvalue weighted by molar-refractivity contribution is 0.0435. The van der Waals surface area contributed by atoms with Crippen LogP contribution in [0.25, 0.3) is 0 Å². The number of thiophene rings is 1. The van der Waals surface area contributed by atoms with Gasteiger partial charge >= 0.3 is 0 Å². The second-order valence-electron chi connectivity index (χ2n) is 6.66. The third-order valence-electron chi connectivity index (χ3n) is 5.06. The Morgan fingerprint density at radius 2 is 2.05 bits per heavy atom.